The zero-order valence-electron chi connectivity index (χ0n) is 19.0. The Morgan fingerprint density at radius 3 is 2.09 bits per heavy atom. The summed E-state index contributed by atoms with van der Waals surface area (Å²) in [5.74, 6) is -1.03. The van der Waals surface area contributed by atoms with Crippen LogP contribution < -0.4 is 15.0 Å². The molecule has 178 valence electrons. The van der Waals surface area contributed by atoms with Crippen LogP contribution in [0.15, 0.2) is 77.6 Å². The predicted octanol–water partition coefficient (Wildman–Crippen LogP) is 6.24. The van der Waals surface area contributed by atoms with Gasteiger partial charge >= 0.3 is 0 Å². The van der Waals surface area contributed by atoms with Gasteiger partial charge in [-0.3, -0.25) is 4.79 Å². The van der Waals surface area contributed by atoms with Crippen LogP contribution in [-0.2, 0) is 6.54 Å². The van der Waals surface area contributed by atoms with Crippen molar-refractivity contribution in [1.82, 2.24) is 9.78 Å². The Morgan fingerprint density at radius 1 is 0.886 bits per heavy atom. The maximum Gasteiger partial charge on any atom is 0.267 e. The molecule has 0 saturated heterocycles. The highest BCUT2D eigenvalue weighted by Crippen LogP contribution is 2.33. The van der Waals surface area contributed by atoms with Crippen LogP contribution in [0.25, 0.3) is 28.5 Å². The molecule has 0 radical (unpaired) electrons. The van der Waals surface area contributed by atoms with Crippen LogP contribution in [0.4, 0.5) is 8.78 Å². The minimum atomic E-state index is -0.591. The molecule has 0 amide bonds. The monoisotopic (exact) mass is 494 g/mol. The average Bonchev–Trinajstić information content (AvgIpc) is 2.86. The molecule has 4 rings (SSSR count). The van der Waals surface area contributed by atoms with Crippen LogP contribution in [0.1, 0.15) is 5.56 Å². The summed E-state index contributed by atoms with van der Waals surface area (Å²) in [4.78, 5) is 12.9. The zero-order valence-corrected chi connectivity index (χ0v) is 19.7. The third-order valence-electron chi connectivity index (χ3n) is 5.34. The molecule has 0 aliphatic carbocycles. The first-order chi connectivity index (χ1) is 16.9. The molecule has 8 heteroatoms. The molecule has 0 bridgehead atoms. The lowest BCUT2D eigenvalue weighted by Crippen LogP contribution is -2.22. The molecule has 0 saturated carbocycles. The molecule has 35 heavy (non-hydrogen) atoms. The van der Waals surface area contributed by atoms with Gasteiger partial charge in [-0.15, -0.1) is 0 Å². The minimum absolute atomic E-state index is 0.0689. The highest BCUT2D eigenvalue weighted by Gasteiger charge is 2.16. The molecule has 0 aliphatic rings. The maximum absolute atomic E-state index is 14.5. The second-order valence-electron chi connectivity index (χ2n) is 7.58. The van der Waals surface area contributed by atoms with E-state index in [-0.39, 0.29) is 18.0 Å². The molecule has 3 aromatic carbocycles. The Kier molecular flexibility index (Phi) is 7.27. The molecular formula is C27H21ClF2N2O3. The van der Waals surface area contributed by atoms with Crippen molar-refractivity contribution < 1.29 is 18.3 Å². The second kappa shape index (κ2) is 10.5. The first kappa shape index (κ1) is 24.2. The molecule has 0 N–H and O–H groups in total. The standard InChI is InChI=1S/C27H21ClF2N2O3/c1-34-24-11-7-18(14-22(24)29)21-16-26(33)32(13-3-4-17-5-9-20(28)10-6-17)31-27(21)19-8-12-25(35-2)23(30)15-19/h3-12,14-16H,13H2,1-2H3. The van der Waals surface area contributed by atoms with E-state index in [0.717, 1.165) is 5.56 Å². The third kappa shape index (κ3) is 5.41. The molecule has 4 aromatic rings. The fraction of sp³-hybridized carbons (Fsp3) is 0.111. The van der Waals surface area contributed by atoms with E-state index in [9.17, 15) is 13.6 Å². The van der Waals surface area contributed by atoms with E-state index >= 15 is 0 Å². The largest absolute Gasteiger partial charge is 0.494 e. The van der Waals surface area contributed by atoms with E-state index < -0.39 is 17.2 Å². The molecule has 1 aromatic heterocycles. The summed E-state index contributed by atoms with van der Waals surface area (Å²) in [5.41, 5.74) is 2.00. The lowest BCUT2D eigenvalue weighted by Gasteiger charge is -2.13. The van der Waals surface area contributed by atoms with Gasteiger partial charge in [0.15, 0.2) is 23.1 Å². The van der Waals surface area contributed by atoms with Gasteiger partial charge in [0, 0.05) is 22.2 Å². The fourth-order valence-electron chi connectivity index (χ4n) is 3.56. The summed E-state index contributed by atoms with van der Waals surface area (Å²) in [6.45, 7) is 0.171. The minimum Gasteiger partial charge on any atom is -0.494 e. The Hall–Kier alpha value is -3.97. The van der Waals surface area contributed by atoms with Crippen molar-refractivity contribution in [2.75, 3.05) is 14.2 Å². The number of hydrogen-bond acceptors (Lipinski definition) is 4. The number of rotatable bonds is 7. The second-order valence-corrected chi connectivity index (χ2v) is 8.02. The normalized spacial score (nSPS) is 11.1. The lowest BCUT2D eigenvalue weighted by atomic mass is 9.99. The van der Waals surface area contributed by atoms with Crippen molar-refractivity contribution in [3.63, 3.8) is 0 Å². The average molecular weight is 495 g/mol. The number of aromatic nitrogens is 2. The Bertz CT molecular complexity index is 1450. The van der Waals surface area contributed by atoms with Crippen LogP contribution in [-0.4, -0.2) is 24.0 Å². The number of hydrogen-bond donors (Lipinski definition) is 0. The topological polar surface area (TPSA) is 53.4 Å². The first-order valence-corrected chi connectivity index (χ1v) is 11.0. The maximum atomic E-state index is 14.5. The summed E-state index contributed by atoms with van der Waals surface area (Å²) in [6.07, 6.45) is 3.62. The molecule has 0 atom stereocenters. The van der Waals surface area contributed by atoms with E-state index in [0.29, 0.717) is 27.4 Å². The molecule has 5 nitrogen and oxygen atoms in total. The molecule has 1 heterocycles. The predicted molar refractivity (Wildman–Crippen MR) is 133 cm³/mol. The van der Waals surface area contributed by atoms with E-state index in [1.807, 2.05) is 18.2 Å². The van der Waals surface area contributed by atoms with E-state index in [2.05, 4.69) is 5.10 Å². The van der Waals surface area contributed by atoms with Crippen molar-refractivity contribution in [3.05, 3.63) is 105 Å². The SMILES string of the molecule is COc1ccc(-c2cc(=O)n(CC=Cc3ccc(Cl)cc3)nc2-c2ccc(OC)c(F)c2)cc1F. The van der Waals surface area contributed by atoms with Crippen molar-refractivity contribution in [2.24, 2.45) is 0 Å². The van der Waals surface area contributed by atoms with Gasteiger partial charge < -0.3 is 9.47 Å². The highest BCUT2D eigenvalue weighted by atomic mass is 35.5. The van der Waals surface area contributed by atoms with Crippen molar-refractivity contribution >= 4 is 17.7 Å². The summed E-state index contributed by atoms with van der Waals surface area (Å²) in [5, 5.41) is 5.13. The third-order valence-corrected chi connectivity index (χ3v) is 5.60. The summed E-state index contributed by atoms with van der Waals surface area (Å²) in [6, 6.07) is 17.3. The van der Waals surface area contributed by atoms with Crippen molar-refractivity contribution in [2.45, 2.75) is 6.54 Å². The van der Waals surface area contributed by atoms with E-state index in [1.165, 1.54) is 49.2 Å². The summed E-state index contributed by atoms with van der Waals surface area (Å²) in [7, 11) is 2.74. The fourth-order valence-corrected chi connectivity index (χ4v) is 3.69. The van der Waals surface area contributed by atoms with E-state index in [4.69, 9.17) is 21.1 Å². The smallest absolute Gasteiger partial charge is 0.267 e. The van der Waals surface area contributed by atoms with Crippen molar-refractivity contribution in [1.29, 1.82) is 0 Å². The quantitative estimate of drug-likeness (QED) is 0.305. The van der Waals surface area contributed by atoms with Crippen LogP contribution in [0.2, 0.25) is 5.02 Å². The molecule has 0 spiro atoms. The number of allylic oxidation sites excluding steroid dienone is 1. The van der Waals surface area contributed by atoms with Crippen LogP contribution in [0.3, 0.4) is 0 Å². The highest BCUT2D eigenvalue weighted by molar-refractivity contribution is 6.30. The van der Waals surface area contributed by atoms with Gasteiger partial charge in [0.1, 0.15) is 0 Å². The Morgan fingerprint density at radius 2 is 1.49 bits per heavy atom. The van der Waals surface area contributed by atoms with Gasteiger partial charge in [0.2, 0.25) is 0 Å². The Labute approximate surface area is 205 Å². The number of ether oxygens (including phenoxy) is 2. The zero-order chi connectivity index (χ0) is 24.9. The first-order valence-electron chi connectivity index (χ1n) is 10.6. The number of halogens is 3. The number of nitrogens with zero attached hydrogens (tertiary/aromatic N) is 2. The van der Waals surface area contributed by atoms with Gasteiger partial charge in [-0.25, -0.2) is 13.5 Å². The molecule has 0 unspecified atom stereocenters. The van der Waals surface area contributed by atoms with Gasteiger partial charge in [-0.2, -0.15) is 5.10 Å². The van der Waals surface area contributed by atoms with Crippen LogP contribution in [0, 0.1) is 11.6 Å². The van der Waals surface area contributed by atoms with Crippen LogP contribution >= 0.6 is 11.6 Å². The molecule has 0 aliphatic heterocycles. The van der Waals surface area contributed by atoms with E-state index in [1.54, 1.807) is 30.3 Å². The number of benzene rings is 3. The summed E-state index contributed by atoms with van der Waals surface area (Å²) < 4.78 is 40.2. The van der Waals surface area contributed by atoms with Crippen molar-refractivity contribution in [3.8, 4) is 33.9 Å². The van der Waals surface area contributed by atoms with Gasteiger partial charge in [0.05, 0.1) is 26.5 Å². The molecular weight excluding hydrogens is 474 g/mol. The van der Waals surface area contributed by atoms with Gasteiger partial charge in [-0.05, 0) is 53.6 Å². The van der Waals surface area contributed by atoms with Gasteiger partial charge in [0.25, 0.3) is 5.56 Å². The van der Waals surface area contributed by atoms with Crippen LogP contribution in [0.5, 0.6) is 11.5 Å². The number of methoxy groups -OCH3 is 2. The molecule has 0 fully saturated rings. The summed E-state index contributed by atoms with van der Waals surface area (Å²) >= 11 is 5.92. The lowest BCUT2D eigenvalue weighted by molar-refractivity contribution is 0.386. The van der Waals surface area contributed by atoms with Gasteiger partial charge in [-0.1, -0.05) is 42.0 Å². The Balaban J connectivity index is 1.79.